The predicted octanol–water partition coefficient (Wildman–Crippen LogP) is 1.48. The zero-order valence-corrected chi connectivity index (χ0v) is 12.9. The average molecular weight is 287 g/mol. The molecule has 0 radical (unpaired) electrons. The lowest BCUT2D eigenvalue weighted by atomic mass is 9.93. The van der Waals surface area contributed by atoms with E-state index in [-0.39, 0.29) is 17.9 Å². The second-order valence-corrected chi connectivity index (χ2v) is 5.63. The van der Waals surface area contributed by atoms with Crippen molar-refractivity contribution < 1.29 is 19.4 Å². The molecule has 0 bridgehead atoms. The highest BCUT2D eigenvalue weighted by atomic mass is 16.5. The van der Waals surface area contributed by atoms with Crippen LogP contribution in [0.15, 0.2) is 0 Å². The van der Waals surface area contributed by atoms with Crippen LogP contribution in [-0.2, 0) is 14.3 Å². The van der Waals surface area contributed by atoms with E-state index in [0.29, 0.717) is 13.2 Å². The molecule has 1 aliphatic rings. The molecule has 0 aromatic carbocycles. The third kappa shape index (κ3) is 5.04. The second kappa shape index (κ2) is 9.32. The van der Waals surface area contributed by atoms with Gasteiger partial charge in [0.15, 0.2) is 6.10 Å². The van der Waals surface area contributed by atoms with Crippen LogP contribution >= 0.6 is 0 Å². The van der Waals surface area contributed by atoms with Gasteiger partial charge < -0.3 is 19.9 Å². The van der Waals surface area contributed by atoms with Crippen molar-refractivity contribution in [2.75, 3.05) is 20.3 Å². The van der Waals surface area contributed by atoms with Crippen LogP contribution in [0.3, 0.4) is 0 Å². The smallest absolute Gasteiger partial charge is 0.251 e. The maximum Gasteiger partial charge on any atom is 0.251 e. The summed E-state index contributed by atoms with van der Waals surface area (Å²) in [5, 5.41) is 13.0. The number of rotatable bonds is 8. The molecule has 118 valence electrons. The van der Waals surface area contributed by atoms with Crippen molar-refractivity contribution in [3.63, 3.8) is 0 Å². The first kappa shape index (κ1) is 17.4. The van der Waals surface area contributed by atoms with Gasteiger partial charge in [0, 0.05) is 19.6 Å². The van der Waals surface area contributed by atoms with Gasteiger partial charge in [-0.15, -0.1) is 0 Å². The third-order valence-electron chi connectivity index (χ3n) is 3.86. The van der Waals surface area contributed by atoms with Gasteiger partial charge in [-0.05, 0) is 6.42 Å². The number of ether oxygens (including phenoxy) is 2. The quantitative estimate of drug-likeness (QED) is 0.664. The van der Waals surface area contributed by atoms with E-state index in [1.807, 2.05) is 6.92 Å². The van der Waals surface area contributed by atoms with E-state index in [1.54, 1.807) is 7.11 Å². The molecule has 1 heterocycles. The van der Waals surface area contributed by atoms with Gasteiger partial charge in [-0.25, -0.2) is 0 Å². The van der Waals surface area contributed by atoms with Crippen LogP contribution in [-0.4, -0.2) is 49.6 Å². The van der Waals surface area contributed by atoms with Gasteiger partial charge in [-0.2, -0.15) is 0 Å². The first-order chi connectivity index (χ1) is 9.61. The van der Waals surface area contributed by atoms with Gasteiger partial charge in [-0.3, -0.25) is 4.79 Å². The highest BCUT2D eigenvalue weighted by Gasteiger charge is 2.41. The van der Waals surface area contributed by atoms with Gasteiger partial charge in [0.25, 0.3) is 5.91 Å². The van der Waals surface area contributed by atoms with Crippen LogP contribution in [0.1, 0.15) is 46.0 Å². The summed E-state index contributed by atoms with van der Waals surface area (Å²) in [6.45, 7) is 5.20. The summed E-state index contributed by atoms with van der Waals surface area (Å²) in [6, 6.07) is 0. The average Bonchev–Trinajstić information content (AvgIpc) is 2.43. The molecule has 1 saturated heterocycles. The first-order valence-electron chi connectivity index (χ1n) is 7.72. The zero-order chi connectivity index (χ0) is 15.0. The molecule has 5 heteroatoms. The number of unbranched alkanes of at least 4 members (excludes halogenated alkanes) is 4. The molecule has 0 spiro atoms. The Balaban J connectivity index is 2.28. The first-order valence-corrected chi connectivity index (χ1v) is 7.72. The predicted molar refractivity (Wildman–Crippen MR) is 77.5 cm³/mol. The lowest BCUT2D eigenvalue weighted by molar-refractivity contribution is -0.180. The van der Waals surface area contributed by atoms with E-state index < -0.39 is 12.2 Å². The van der Waals surface area contributed by atoms with Crippen molar-refractivity contribution in [2.24, 2.45) is 5.92 Å². The van der Waals surface area contributed by atoms with E-state index in [1.165, 1.54) is 19.3 Å². The molecule has 0 aromatic heterocycles. The molecular weight excluding hydrogens is 258 g/mol. The Kier molecular flexibility index (Phi) is 8.11. The lowest BCUT2D eigenvalue weighted by Gasteiger charge is -2.37. The van der Waals surface area contributed by atoms with Gasteiger partial charge in [0.05, 0.1) is 12.7 Å². The number of aliphatic hydroxyl groups excluding tert-OH is 1. The number of amides is 1. The van der Waals surface area contributed by atoms with Crippen LogP contribution in [0.25, 0.3) is 0 Å². The van der Waals surface area contributed by atoms with Crippen LogP contribution in [0.2, 0.25) is 0 Å². The van der Waals surface area contributed by atoms with Crippen molar-refractivity contribution in [3.05, 3.63) is 0 Å². The van der Waals surface area contributed by atoms with E-state index in [4.69, 9.17) is 9.47 Å². The van der Waals surface area contributed by atoms with Crippen molar-refractivity contribution in [1.29, 1.82) is 0 Å². The Hall–Kier alpha value is -0.650. The van der Waals surface area contributed by atoms with Gasteiger partial charge in [0.1, 0.15) is 6.10 Å². The summed E-state index contributed by atoms with van der Waals surface area (Å²) in [7, 11) is 1.55. The molecule has 1 fully saturated rings. The minimum absolute atomic E-state index is 0.0908. The topological polar surface area (TPSA) is 67.8 Å². The Morgan fingerprint density at radius 2 is 2.05 bits per heavy atom. The Morgan fingerprint density at radius 1 is 1.35 bits per heavy atom. The normalized spacial score (nSPS) is 30.2. The number of hydrogen-bond acceptors (Lipinski definition) is 4. The van der Waals surface area contributed by atoms with Gasteiger partial charge in [0.2, 0.25) is 0 Å². The Labute approximate surface area is 122 Å². The number of nitrogens with one attached hydrogen (secondary N) is 1. The molecule has 1 amide bonds. The number of aliphatic hydroxyl groups is 1. The van der Waals surface area contributed by atoms with Crippen molar-refractivity contribution in [2.45, 2.75) is 64.3 Å². The molecule has 20 heavy (non-hydrogen) atoms. The van der Waals surface area contributed by atoms with Crippen molar-refractivity contribution in [3.8, 4) is 0 Å². The zero-order valence-electron chi connectivity index (χ0n) is 12.9. The van der Waals surface area contributed by atoms with E-state index in [0.717, 1.165) is 12.8 Å². The highest BCUT2D eigenvalue weighted by molar-refractivity contribution is 5.81. The number of carbonyl (C=O) groups excluding carboxylic acids is 1. The second-order valence-electron chi connectivity index (χ2n) is 5.63. The van der Waals surface area contributed by atoms with Gasteiger partial charge >= 0.3 is 0 Å². The molecule has 0 unspecified atom stereocenters. The molecule has 2 N–H and O–H groups in total. The largest absolute Gasteiger partial charge is 0.387 e. The van der Waals surface area contributed by atoms with Gasteiger partial charge in [-0.1, -0.05) is 39.5 Å². The molecule has 4 atom stereocenters. The lowest BCUT2D eigenvalue weighted by Crippen LogP contribution is -2.56. The Bertz CT molecular complexity index is 285. The number of hydrogen-bond donors (Lipinski definition) is 2. The number of carbonyl (C=O) groups is 1. The summed E-state index contributed by atoms with van der Waals surface area (Å²) in [5.74, 6) is -0.143. The maximum absolute atomic E-state index is 12.0. The highest BCUT2D eigenvalue weighted by Crippen LogP contribution is 2.22. The summed E-state index contributed by atoms with van der Waals surface area (Å²) in [6.07, 6.45) is 3.70. The van der Waals surface area contributed by atoms with Crippen LogP contribution in [0, 0.1) is 5.92 Å². The minimum Gasteiger partial charge on any atom is -0.387 e. The molecular formula is C15H29NO4. The van der Waals surface area contributed by atoms with Crippen LogP contribution in [0.5, 0.6) is 0 Å². The van der Waals surface area contributed by atoms with Crippen molar-refractivity contribution in [1.82, 2.24) is 5.32 Å². The summed E-state index contributed by atoms with van der Waals surface area (Å²) in [5.41, 5.74) is 0. The third-order valence-corrected chi connectivity index (χ3v) is 3.86. The Morgan fingerprint density at radius 3 is 2.70 bits per heavy atom. The van der Waals surface area contributed by atoms with E-state index in [2.05, 4.69) is 12.2 Å². The summed E-state index contributed by atoms with van der Waals surface area (Å²) < 4.78 is 10.7. The fraction of sp³-hybridized carbons (Fsp3) is 0.933. The van der Waals surface area contributed by atoms with E-state index in [9.17, 15) is 9.90 Å². The standard InChI is InChI=1S/C15H29NO4/c1-4-5-6-7-8-9-16-15(18)14-12(17)13(19-3)11(2)10-20-14/h11-14,17H,4-10H2,1-3H3,(H,16,18)/t11-,12+,13-,14+/m0/s1. The fourth-order valence-electron chi connectivity index (χ4n) is 2.60. The fourth-order valence-corrected chi connectivity index (χ4v) is 2.60. The van der Waals surface area contributed by atoms with Crippen LogP contribution in [0.4, 0.5) is 0 Å². The SMILES string of the molecule is CCCCCCCNC(=O)[C@@H]1OC[C@H](C)[C@H](OC)[C@H]1O. The maximum atomic E-state index is 12.0. The van der Waals surface area contributed by atoms with E-state index >= 15 is 0 Å². The monoisotopic (exact) mass is 287 g/mol. The summed E-state index contributed by atoms with van der Waals surface area (Å²) >= 11 is 0. The molecule has 5 nitrogen and oxygen atoms in total. The molecule has 0 aliphatic carbocycles. The molecule has 1 aliphatic heterocycles. The van der Waals surface area contributed by atoms with Crippen LogP contribution < -0.4 is 5.32 Å². The number of methoxy groups -OCH3 is 1. The van der Waals surface area contributed by atoms with Crippen molar-refractivity contribution >= 4 is 5.91 Å². The molecule has 0 aromatic rings. The summed E-state index contributed by atoms with van der Waals surface area (Å²) in [4.78, 5) is 12.0. The molecule has 1 rings (SSSR count). The molecule has 0 saturated carbocycles. The minimum atomic E-state index is -0.899.